The van der Waals surface area contributed by atoms with Crippen molar-refractivity contribution in [3.05, 3.63) is 65.7 Å². The third-order valence-corrected chi connectivity index (χ3v) is 8.08. The predicted octanol–water partition coefficient (Wildman–Crippen LogP) is 1.30. The van der Waals surface area contributed by atoms with Crippen LogP contribution in [0.15, 0.2) is 59.5 Å². The molecule has 10 heteroatoms. The molecule has 2 aliphatic heterocycles. The summed E-state index contributed by atoms with van der Waals surface area (Å²) < 4.78 is 26.9. The van der Waals surface area contributed by atoms with Crippen LogP contribution in [0.25, 0.3) is 0 Å². The molecule has 0 aromatic heterocycles. The highest BCUT2D eigenvalue weighted by Gasteiger charge is 2.49. The molecular weight excluding hydrogens is 444 g/mol. The molecule has 4 amide bonds. The summed E-state index contributed by atoms with van der Waals surface area (Å²) in [5.74, 6) is -0.890. The van der Waals surface area contributed by atoms with Crippen molar-refractivity contribution in [1.82, 2.24) is 19.4 Å². The number of hydrogen-bond acceptors (Lipinski definition) is 5. The van der Waals surface area contributed by atoms with Crippen molar-refractivity contribution in [3.63, 3.8) is 0 Å². The zero-order valence-corrected chi connectivity index (χ0v) is 19.3. The number of rotatable bonds is 5. The number of sulfonamides is 1. The SMILES string of the molecule is Cc1ccc([C@@]2(C)NC(=O)N(CC(=O)N3CCN(S(=O)(=O)c4ccccc4)CC3)C2=O)cc1. The van der Waals surface area contributed by atoms with Gasteiger partial charge in [-0.05, 0) is 31.5 Å². The van der Waals surface area contributed by atoms with E-state index in [1.807, 2.05) is 19.1 Å². The van der Waals surface area contributed by atoms with Gasteiger partial charge in [-0.25, -0.2) is 13.2 Å². The van der Waals surface area contributed by atoms with Gasteiger partial charge in [-0.1, -0.05) is 48.0 Å². The molecule has 0 bridgehead atoms. The molecule has 0 unspecified atom stereocenters. The molecule has 2 fully saturated rings. The highest BCUT2D eigenvalue weighted by atomic mass is 32.2. The van der Waals surface area contributed by atoms with Gasteiger partial charge in [0.25, 0.3) is 5.91 Å². The number of urea groups is 1. The Bertz CT molecular complexity index is 1180. The minimum Gasteiger partial charge on any atom is -0.338 e. The van der Waals surface area contributed by atoms with Gasteiger partial charge in [-0.2, -0.15) is 4.31 Å². The smallest absolute Gasteiger partial charge is 0.325 e. The number of carbonyl (C=O) groups excluding carboxylic acids is 3. The van der Waals surface area contributed by atoms with Crippen molar-refractivity contribution >= 4 is 27.9 Å². The highest BCUT2D eigenvalue weighted by Crippen LogP contribution is 2.29. The van der Waals surface area contributed by atoms with Crippen molar-refractivity contribution in [2.45, 2.75) is 24.3 Å². The van der Waals surface area contributed by atoms with Gasteiger partial charge in [0, 0.05) is 26.2 Å². The summed E-state index contributed by atoms with van der Waals surface area (Å²) >= 11 is 0. The molecular formula is C23H26N4O5S. The van der Waals surface area contributed by atoms with Crippen molar-refractivity contribution in [2.75, 3.05) is 32.7 Å². The fourth-order valence-electron chi connectivity index (χ4n) is 4.08. The number of amides is 4. The molecule has 2 aromatic rings. The molecule has 0 spiro atoms. The third kappa shape index (κ3) is 4.23. The van der Waals surface area contributed by atoms with E-state index < -0.39 is 40.0 Å². The number of aryl methyl sites for hydroxylation is 1. The third-order valence-electron chi connectivity index (χ3n) is 6.17. The molecule has 0 aliphatic carbocycles. The molecule has 2 saturated heterocycles. The van der Waals surface area contributed by atoms with Crippen LogP contribution in [-0.4, -0.2) is 73.1 Å². The predicted molar refractivity (Wildman–Crippen MR) is 121 cm³/mol. The zero-order valence-electron chi connectivity index (χ0n) is 18.5. The maximum absolute atomic E-state index is 13.1. The van der Waals surface area contributed by atoms with Crippen LogP contribution in [0, 0.1) is 6.92 Å². The van der Waals surface area contributed by atoms with Crippen LogP contribution >= 0.6 is 0 Å². The van der Waals surface area contributed by atoms with Crippen molar-refractivity contribution < 1.29 is 22.8 Å². The average molecular weight is 471 g/mol. The molecule has 2 aromatic carbocycles. The fourth-order valence-corrected chi connectivity index (χ4v) is 5.52. The highest BCUT2D eigenvalue weighted by molar-refractivity contribution is 7.89. The molecule has 1 N–H and O–H groups in total. The van der Waals surface area contributed by atoms with Gasteiger partial charge in [0.2, 0.25) is 15.9 Å². The van der Waals surface area contributed by atoms with E-state index in [4.69, 9.17) is 0 Å². The molecule has 33 heavy (non-hydrogen) atoms. The van der Waals surface area contributed by atoms with Gasteiger partial charge in [0.05, 0.1) is 4.90 Å². The lowest BCUT2D eigenvalue weighted by molar-refractivity contribution is -0.139. The number of carbonyl (C=O) groups is 3. The molecule has 9 nitrogen and oxygen atoms in total. The van der Waals surface area contributed by atoms with Crippen LogP contribution < -0.4 is 5.32 Å². The summed E-state index contributed by atoms with van der Waals surface area (Å²) in [6, 6.07) is 14.8. The number of hydrogen-bond donors (Lipinski definition) is 1. The monoisotopic (exact) mass is 470 g/mol. The van der Waals surface area contributed by atoms with Crippen molar-refractivity contribution in [3.8, 4) is 0 Å². The van der Waals surface area contributed by atoms with Crippen molar-refractivity contribution in [1.29, 1.82) is 0 Å². The second-order valence-electron chi connectivity index (χ2n) is 8.41. The van der Waals surface area contributed by atoms with Gasteiger partial charge in [-0.3, -0.25) is 14.5 Å². The summed E-state index contributed by atoms with van der Waals surface area (Å²) in [6.45, 7) is 3.81. The van der Waals surface area contributed by atoms with E-state index in [2.05, 4.69) is 5.32 Å². The van der Waals surface area contributed by atoms with E-state index in [0.29, 0.717) is 5.56 Å². The molecule has 1 atom stereocenters. The molecule has 2 aliphatic rings. The van der Waals surface area contributed by atoms with E-state index in [1.54, 1.807) is 37.3 Å². The first kappa shape index (κ1) is 22.9. The Labute approximate surface area is 193 Å². The number of nitrogens with zero attached hydrogens (tertiary/aromatic N) is 3. The molecule has 0 radical (unpaired) electrons. The van der Waals surface area contributed by atoms with Crippen LogP contribution in [0.3, 0.4) is 0 Å². The lowest BCUT2D eigenvalue weighted by Gasteiger charge is -2.34. The summed E-state index contributed by atoms with van der Waals surface area (Å²) in [4.78, 5) is 41.1. The van der Waals surface area contributed by atoms with Crippen LogP contribution in [0.5, 0.6) is 0 Å². The Hall–Kier alpha value is -3.24. The van der Waals surface area contributed by atoms with Gasteiger partial charge < -0.3 is 10.2 Å². The summed E-state index contributed by atoms with van der Waals surface area (Å²) in [6.07, 6.45) is 0. The Morgan fingerprint density at radius 3 is 2.18 bits per heavy atom. The Balaban J connectivity index is 1.40. The van der Waals surface area contributed by atoms with E-state index in [9.17, 15) is 22.8 Å². The first-order chi connectivity index (χ1) is 15.6. The maximum Gasteiger partial charge on any atom is 0.325 e. The normalized spacial score (nSPS) is 21.9. The van der Waals surface area contributed by atoms with Gasteiger partial charge in [0.1, 0.15) is 12.1 Å². The zero-order chi connectivity index (χ0) is 23.8. The quantitative estimate of drug-likeness (QED) is 0.663. The first-order valence-corrected chi connectivity index (χ1v) is 12.1. The second kappa shape index (κ2) is 8.60. The lowest BCUT2D eigenvalue weighted by Crippen LogP contribution is -2.53. The van der Waals surface area contributed by atoms with Crippen LogP contribution in [0.1, 0.15) is 18.1 Å². The Morgan fingerprint density at radius 2 is 1.58 bits per heavy atom. The van der Waals surface area contributed by atoms with E-state index in [0.717, 1.165) is 10.5 Å². The molecule has 0 saturated carbocycles. The average Bonchev–Trinajstić information content (AvgIpc) is 3.03. The number of benzene rings is 2. The number of nitrogens with one attached hydrogen (secondary N) is 1. The maximum atomic E-state index is 13.1. The number of imide groups is 1. The molecule has 4 rings (SSSR count). The summed E-state index contributed by atoms with van der Waals surface area (Å²) in [5.41, 5.74) is 0.425. The van der Waals surface area contributed by atoms with E-state index in [1.165, 1.54) is 21.3 Å². The van der Waals surface area contributed by atoms with Gasteiger partial charge >= 0.3 is 6.03 Å². The van der Waals surface area contributed by atoms with E-state index in [-0.39, 0.29) is 31.1 Å². The van der Waals surface area contributed by atoms with E-state index >= 15 is 0 Å². The van der Waals surface area contributed by atoms with Crippen LogP contribution in [0.2, 0.25) is 0 Å². The number of piperazine rings is 1. The minimum atomic E-state index is -3.63. The Morgan fingerprint density at radius 1 is 0.970 bits per heavy atom. The largest absolute Gasteiger partial charge is 0.338 e. The second-order valence-corrected chi connectivity index (χ2v) is 10.3. The van der Waals surface area contributed by atoms with Crippen LogP contribution in [-0.2, 0) is 25.2 Å². The first-order valence-electron chi connectivity index (χ1n) is 10.7. The molecule has 174 valence electrons. The fraction of sp³-hybridized carbons (Fsp3) is 0.348. The molecule has 2 heterocycles. The van der Waals surface area contributed by atoms with Gasteiger partial charge in [-0.15, -0.1) is 0 Å². The summed E-state index contributed by atoms with van der Waals surface area (Å²) in [7, 11) is -3.63. The topological polar surface area (TPSA) is 107 Å². The van der Waals surface area contributed by atoms with Gasteiger partial charge in [0.15, 0.2) is 0 Å². The standard InChI is InChI=1S/C23H26N4O5S/c1-17-8-10-18(11-9-17)23(2)21(29)27(22(30)24-23)16-20(28)25-12-14-26(15-13-25)33(31,32)19-6-4-3-5-7-19/h3-11H,12-16H2,1-2H3,(H,24,30)/t23-/m1/s1. The van der Waals surface area contributed by atoms with Crippen molar-refractivity contribution in [2.24, 2.45) is 0 Å². The summed E-state index contributed by atoms with van der Waals surface area (Å²) in [5, 5.41) is 2.70. The minimum absolute atomic E-state index is 0.143. The van der Waals surface area contributed by atoms with Crippen LogP contribution in [0.4, 0.5) is 4.79 Å². The lowest BCUT2D eigenvalue weighted by atomic mass is 9.91. The Kier molecular flexibility index (Phi) is 5.98.